The predicted molar refractivity (Wildman–Crippen MR) is 114 cm³/mol. The van der Waals surface area contributed by atoms with Crippen molar-refractivity contribution in [3.8, 4) is 0 Å². The van der Waals surface area contributed by atoms with E-state index < -0.39 is 17.9 Å². The van der Waals surface area contributed by atoms with E-state index in [1.807, 2.05) is 6.07 Å². The first kappa shape index (κ1) is 20.8. The Morgan fingerprint density at radius 2 is 1.79 bits per heavy atom. The van der Waals surface area contributed by atoms with Crippen molar-refractivity contribution in [1.82, 2.24) is 4.90 Å². The molecule has 7 nitrogen and oxygen atoms in total. The van der Waals surface area contributed by atoms with Crippen molar-refractivity contribution >= 4 is 58.1 Å². The minimum absolute atomic E-state index is 0.149. The lowest BCUT2D eigenvalue weighted by Gasteiger charge is -2.22. The topological polar surface area (TPSA) is 79.0 Å². The smallest absolute Gasteiger partial charge is 0.325 e. The number of carbonyl (C=O) groups is 3. The number of esters is 1. The molecule has 1 atom stereocenters. The summed E-state index contributed by atoms with van der Waals surface area (Å²) in [4.78, 5) is 40.2. The van der Waals surface area contributed by atoms with E-state index in [0.717, 1.165) is 0 Å². The molecule has 0 radical (unpaired) electrons. The van der Waals surface area contributed by atoms with E-state index in [2.05, 4.69) is 5.32 Å². The number of benzene rings is 2. The number of ether oxygens (including phenoxy) is 1. The van der Waals surface area contributed by atoms with Crippen molar-refractivity contribution in [2.45, 2.75) is 12.5 Å². The quantitative estimate of drug-likeness (QED) is 0.559. The number of hydrogen-bond acceptors (Lipinski definition) is 5. The van der Waals surface area contributed by atoms with Crippen LogP contribution in [0.3, 0.4) is 0 Å². The van der Waals surface area contributed by atoms with E-state index in [4.69, 9.17) is 28.6 Å². The molecule has 0 unspecified atom stereocenters. The summed E-state index contributed by atoms with van der Waals surface area (Å²) in [5.74, 6) is -1.33. The van der Waals surface area contributed by atoms with Crippen LogP contribution in [0.25, 0.3) is 0 Å². The molecule has 0 spiro atoms. The molecule has 0 aliphatic carbocycles. The van der Waals surface area contributed by atoms with E-state index >= 15 is 0 Å². The highest BCUT2D eigenvalue weighted by Gasteiger charge is 2.44. The van der Waals surface area contributed by atoms with Crippen LogP contribution in [0.2, 0.25) is 5.02 Å². The number of para-hydroxylation sites is 1. The Balaban J connectivity index is 1.81. The van der Waals surface area contributed by atoms with Crippen LogP contribution in [0.5, 0.6) is 0 Å². The molecular formula is C20H18ClN3O4S. The zero-order chi connectivity index (χ0) is 21.0. The van der Waals surface area contributed by atoms with Gasteiger partial charge in [-0.3, -0.25) is 19.3 Å². The highest BCUT2D eigenvalue weighted by molar-refractivity contribution is 7.80. The van der Waals surface area contributed by atoms with Crippen LogP contribution in [0, 0.1) is 0 Å². The van der Waals surface area contributed by atoms with E-state index in [1.54, 1.807) is 48.5 Å². The lowest BCUT2D eigenvalue weighted by Crippen LogP contribution is -2.41. The number of hydrogen-bond donors (Lipinski definition) is 1. The Morgan fingerprint density at radius 1 is 1.14 bits per heavy atom. The van der Waals surface area contributed by atoms with Crippen molar-refractivity contribution in [3.63, 3.8) is 0 Å². The second-order valence-electron chi connectivity index (χ2n) is 6.27. The summed E-state index contributed by atoms with van der Waals surface area (Å²) < 4.78 is 4.71. The summed E-state index contributed by atoms with van der Waals surface area (Å²) in [5, 5.41) is 3.41. The molecular weight excluding hydrogens is 414 g/mol. The van der Waals surface area contributed by atoms with Gasteiger partial charge in [0.1, 0.15) is 12.6 Å². The fourth-order valence-corrected chi connectivity index (χ4v) is 3.47. The van der Waals surface area contributed by atoms with Crippen LogP contribution >= 0.6 is 23.8 Å². The van der Waals surface area contributed by atoms with Gasteiger partial charge in [0.2, 0.25) is 5.91 Å². The van der Waals surface area contributed by atoms with Crippen LogP contribution < -0.4 is 10.2 Å². The van der Waals surface area contributed by atoms with Crippen molar-refractivity contribution < 1.29 is 19.1 Å². The van der Waals surface area contributed by atoms with Gasteiger partial charge in [0.15, 0.2) is 5.11 Å². The van der Waals surface area contributed by atoms with Crippen molar-refractivity contribution in [2.75, 3.05) is 23.9 Å². The largest absolute Gasteiger partial charge is 0.468 e. The van der Waals surface area contributed by atoms with Crippen molar-refractivity contribution in [3.05, 3.63) is 59.6 Å². The molecule has 1 saturated heterocycles. The second kappa shape index (κ2) is 9.02. The molecule has 1 heterocycles. The Hall–Kier alpha value is -2.97. The highest BCUT2D eigenvalue weighted by Crippen LogP contribution is 2.27. The number of anilines is 2. The van der Waals surface area contributed by atoms with Crippen LogP contribution in [-0.2, 0) is 19.1 Å². The van der Waals surface area contributed by atoms with Gasteiger partial charge >= 0.3 is 5.97 Å². The first-order chi connectivity index (χ1) is 13.9. The zero-order valence-corrected chi connectivity index (χ0v) is 17.1. The number of methoxy groups -OCH3 is 1. The fraction of sp³-hybridized carbons (Fsp3) is 0.200. The van der Waals surface area contributed by atoms with Crippen LogP contribution in [0.15, 0.2) is 54.6 Å². The van der Waals surface area contributed by atoms with Gasteiger partial charge in [-0.2, -0.15) is 0 Å². The standard InChI is InChI=1S/C20H18ClN3O4S/c1-28-18(26)12-23-16(11-17(25)22-14-9-7-13(21)8-10-14)19(27)24(20(23)29)15-5-3-2-4-6-15/h2-10,16H,11-12H2,1H3,(H,22,25)/t16-/m1/s1. The predicted octanol–water partition coefficient (Wildman–Crippen LogP) is 2.84. The molecule has 0 aromatic heterocycles. The molecule has 1 N–H and O–H groups in total. The Labute approximate surface area is 178 Å². The zero-order valence-electron chi connectivity index (χ0n) is 15.5. The highest BCUT2D eigenvalue weighted by atomic mass is 35.5. The normalized spacial score (nSPS) is 16.1. The third-order valence-corrected chi connectivity index (χ3v) is 5.04. The number of halogens is 1. The first-order valence-electron chi connectivity index (χ1n) is 8.72. The van der Waals surface area contributed by atoms with Crippen LogP contribution in [0.4, 0.5) is 11.4 Å². The number of thiocarbonyl (C=S) groups is 1. The Bertz CT molecular complexity index is 937. The second-order valence-corrected chi connectivity index (χ2v) is 7.07. The molecule has 29 heavy (non-hydrogen) atoms. The molecule has 2 amide bonds. The summed E-state index contributed by atoms with van der Waals surface area (Å²) in [6, 6.07) is 14.5. The first-order valence-corrected chi connectivity index (χ1v) is 9.51. The molecule has 150 valence electrons. The van der Waals surface area contributed by atoms with Gasteiger partial charge in [0, 0.05) is 10.7 Å². The number of carbonyl (C=O) groups excluding carboxylic acids is 3. The van der Waals surface area contributed by atoms with Gasteiger partial charge < -0.3 is 15.0 Å². The van der Waals surface area contributed by atoms with Crippen LogP contribution in [0.1, 0.15) is 6.42 Å². The number of nitrogens with one attached hydrogen (secondary N) is 1. The van der Waals surface area contributed by atoms with E-state index in [1.165, 1.54) is 16.9 Å². The summed E-state index contributed by atoms with van der Waals surface area (Å²) in [6.45, 7) is -0.233. The van der Waals surface area contributed by atoms with E-state index in [0.29, 0.717) is 16.4 Å². The Kier molecular flexibility index (Phi) is 6.46. The molecule has 0 bridgehead atoms. The number of amides is 2. The van der Waals surface area contributed by atoms with Gasteiger partial charge in [-0.05, 0) is 48.6 Å². The summed E-state index contributed by atoms with van der Waals surface area (Å²) in [6.07, 6.45) is -0.179. The Morgan fingerprint density at radius 3 is 2.41 bits per heavy atom. The molecule has 9 heteroatoms. The molecule has 2 aromatic rings. The summed E-state index contributed by atoms with van der Waals surface area (Å²) in [5.41, 5.74) is 1.12. The van der Waals surface area contributed by atoms with Gasteiger partial charge in [-0.15, -0.1) is 0 Å². The lowest BCUT2D eigenvalue weighted by atomic mass is 10.1. The average molecular weight is 432 g/mol. The van der Waals surface area contributed by atoms with Crippen molar-refractivity contribution in [1.29, 1.82) is 0 Å². The SMILES string of the molecule is COC(=O)CN1C(=S)N(c2ccccc2)C(=O)[C@H]1CC(=O)Nc1ccc(Cl)cc1. The minimum Gasteiger partial charge on any atom is -0.468 e. The molecule has 1 aliphatic rings. The summed E-state index contributed by atoms with van der Waals surface area (Å²) in [7, 11) is 1.25. The van der Waals surface area contributed by atoms with Crippen LogP contribution in [-0.4, -0.2) is 47.5 Å². The maximum absolute atomic E-state index is 13.1. The van der Waals surface area contributed by atoms with Gasteiger partial charge in [0.25, 0.3) is 5.91 Å². The van der Waals surface area contributed by atoms with Crippen molar-refractivity contribution in [2.24, 2.45) is 0 Å². The minimum atomic E-state index is -0.922. The molecule has 3 rings (SSSR count). The van der Waals surface area contributed by atoms with E-state index in [-0.39, 0.29) is 24.0 Å². The third-order valence-electron chi connectivity index (χ3n) is 4.37. The lowest BCUT2D eigenvalue weighted by molar-refractivity contribution is -0.141. The molecule has 1 aliphatic heterocycles. The third kappa shape index (κ3) is 4.72. The fourth-order valence-electron chi connectivity index (χ4n) is 2.95. The molecule has 2 aromatic carbocycles. The average Bonchev–Trinajstić information content (AvgIpc) is 2.94. The molecule has 1 fully saturated rings. The number of rotatable bonds is 6. The maximum atomic E-state index is 13.1. The van der Waals surface area contributed by atoms with Gasteiger partial charge in [-0.25, -0.2) is 0 Å². The maximum Gasteiger partial charge on any atom is 0.325 e. The molecule has 0 saturated carbocycles. The van der Waals surface area contributed by atoms with E-state index in [9.17, 15) is 14.4 Å². The van der Waals surface area contributed by atoms with Gasteiger partial charge in [-0.1, -0.05) is 29.8 Å². The van der Waals surface area contributed by atoms with Gasteiger partial charge in [0.05, 0.1) is 19.2 Å². The monoisotopic (exact) mass is 431 g/mol. The number of nitrogens with zero attached hydrogens (tertiary/aromatic N) is 2. The summed E-state index contributed by atoms with van der Waals surface area (Å²) >= 11 is 11.3.